The molecule has 1 heterocycles. The minimum absolute atomic E-state index is 0.0919. The van der Waals surface area contributed by atoms with Crippen LogP contribution >= 0.6 is 0 Å². The summed E-state index contributed by atoms with van der Waals surface area (Å²) in [6.07, 6.45) is 1.98. The van der Waals surface area contributed by atoms with Crippen molar-refractivity contribution in [2.24, 2.45) is 5.73 Å². The minimum atomic E-state index is -0.342. The summed E-state index contributed by atoms with van der Waals surface area (Å²) in [6.45, 7) is 2.75. The number of rotatable bonds is 3. The molecule has 0 bridgehead atoms. The monoisotopic (exact) mass is 238 g/mol. The van der Waals surface area contributed by atoms with E-state index in [9.17, 15) is 9.50 Å². The van der Waals surface area contributed by atoms with Crippen LogP contribution in [0.25, 0.3) is 0 Å². The number of aliphatic hydroxyl groups is 1. The third kappa shape index (κ3) is 2.28. The van der Waals surface area contributed by atoms with E-state index in [1.165, 1.54) is 6.07 Å². The predicted molar refractivity (Wildman–Crippen MR) is 66.5 cm³/mol. The van der Waals surface area contributed by atoms with Crippen molar-refractivity contribution in [1.29, 1.82) is 0 Å². The highest BCUT2D eigenvalue weighted by Gasteiger charge is 2.27. The van der Waals surface area contributed by atoms with E-state index < -0.39 is 0 Å². The van der Waals surface area contributed by atoms with Gasteiger partial charge in [-0.15, -0.1) is 0 Å². The average Bonchev–Trinajstić information content (AvgIpc) is 2.75. The third-order valence-electron chi connectivity index (χ3n) is 3.38. The molecule has 1 aliphatic rings. The Labute approximate surface area is 101 Å². The van der Waals surface area contributed by atoms with E-state index in [0.29, 0.717) is 5.56 Å². The Balaban J connectivity index is 2.40. The average molecular weight is 238 g/mol. The maximum Gasteiger partial charge on any atom is 0.130 e. The van der Waals surface area contributed by atoms with Crippen molar-refractivity contribution in [3.63, 3.8) is 0 Å². The number of hydrogen-bond donors (Lipinski definition) is 2. The Morgan fingerprint density at radius 3 is 3.00 bits per heavy atom. The topological polar surface area (TPSA) is 49.5 Å². The first-order valence-electron chi connectivity index (χ1n) is 6.06. The van der Waals surface area contributed by atoms with Crippen LogP contribution in [0.2, 0.25) is 0 Å². The Hall–Kier alpha value is -1.13. The number of anilines is 1. The third-order valence-corrected chi connectivity index (χ3v) is 3.38. The SMILES string of the molecule is C[C@@H](N)c1c(F)cccc1N1CCCC1CO. The number of nitrogens with two attached hydrogens (primary N) is 1. The number of hydrogen-bond acceptors (Lipinski definition) is 3. The second-order valence-corrected chi connectivity index (χ2v) is 4.63. The van der Waals surface area contributed by atoms with E-state index in [1.54, 1.807) is 13.0 Å². The molecule has 1 saturated heterocycles. The van der Waals surface area contributed by atoms with Gasteiger partial charge in [-0.1, -0.05) is 6.07 Å². The first-order chi connectivity index (χ1) is 8.15. The lowest BCUT2D eigenvalue weighted by Crippen LogP contribution is -2.33. The molecular weight excluding hydrogens is 219 g/mol. The zero-order valence-corrected chi connectivity index (χ0v) is 10.1. The molecule has 1 aromatic carbocycles. The molecule has 1 unspecified atom stereocenters. The van der Waals surface area contributed by atoms with Crippen molar-refractivity contribution in [2.75, 3.05) is 18.1 Å². The zero-order valence-electron chi connectivity index (χ0n) is 10.1. The second kappa shape index (κ2) is 5.02. The summed E-state index contributed by atoms with van der Waals surface area (Å²) in [5, 5.41) is 9.33. The number of aliphatic hydroxyl groups excluding tert-OH is 1. The lowest BCUT2D eigenvalue weighted by Gasteiger charge is -2.28. The van der Waals surface area contributed by atoms with Gasteiger partial charge in [0.05, 0.1) is 12.6 Å². The number of halogens is 1. The van der Waals surface area contributed by atoms with Gasteiger partial charge in [-0.25, -0.2) is 4.39 Å². The van der Waals surface area contributed by atoms with E-state index in [0.717, 1.165) is 25.1 Å². The summed E-state index contributed by atoms with van der Waals surface area (Å²) in [6, 6.07) is 4.77. The molecule has 1 aliphatic heterocycles. The van der Waals surface area contributed by atoms with Gasteiger partial charge < -0.3 is 15.7 Å². The van der Waals surface area contributed by atoms with Crippen LogP contribution in [-0.4, -0.2) is 24.3 Å². The lowest BCUT2D eigenvalue weighted by atomic mass is 10.0. The first kappa shape index (κ1) is 12.3. The standard InChI is InChI=1S/C13H19FN2O/c1-9(15)13-11(14)5-2-6-12(13)16-7-3-4-10(16)8-17/h2,5-6,9-10,17H,3-4,7-8,15H2,1H3/t9-,10?/m1/s1. The Morgan fingerprint density at radius 2 is 2.35 bits per heavy atom. The molecule has 0 amide bonds. The van der Waals surface area contributed by atoms with Gasteiger partial charge in [0.1, 0.15) is 5.82 Å². The summed E-state index contributed by atoms with van der Waals surface area (Å²) in [5.41, 5.74) is 7.22. The number of nitrogens with zero attached hydrogens (tertiary/aromatic N) is 1. The summed E-state index contributed by atoms with van der Waals surface area (Å²) >= 11 is 0. The van der Waals surface area contributed by atoms with Crippen molar-refractivity contribution >= 4 is 5.69 Å². The molecule has 2 atom stereocenters. The molecule has 0 saturated carbocycles. The Bertz CT molecular complexity index is 395. The van der Waals surface area contributed by atoms with E-state index in [4.69, 9.17) is 5.73 Å². The van der Waals surface area contributed by atoms with Crippen LogP contribution in [0.1, 0.15) is 31.4 Å². The van der Waals surface area contributed by atoms with Gasteiger partial charge in [0.2, 0.25) is 0 Å². The number of benzene rings is 1. The van der Waals surface area contributed by atoms with Crippen LogP contribution in [0.4, 0.5) is 10.1 Å². The lowest BCUT2D eigenvalue weighted by molar-refractivity contribution is 0.266. The minimum Gasteiger partial charge on any atom is -0.394 e. The molecule has 4 heteroatoms. The van der Waals surface area contributed by atoms with E-state index >= 15 is 0 Å². The highest BCUT2D eigenvalue weighted by molar-refractivity contribution is 5.57. The Kier molecular flexibility index (Phi) is 3.64. The Morgan fingerprint density at radius 1 is 1.59 bits per heavy atom. The van der Waals surface area contributed by atoms with Crippen molar-refractivity contribution in [1.82, 2.24) is 0 Å². The molecule has 3 N–H and O–H groups in total. The maximum absolute atomic E-state index is 13.8. The van der Waals surface area contributed by atoms with E-state index in [-0.39, 0.29) is 24.5 Å². The highest BCUT2D eigenvalue weighted by atomic mass is 19.1. The quantitative estimate of drug-likeness (QED) is 0.844. The van der Waals surface area contributed by atoms with Gasteiger partial charge in [0.15, 0.2) is 0 Å². The molecule has 0 radical (unpaired) electrons. The molecule has 0 aromatic heterocycles. The van der Waals surface area contributed by atoms with Crippen molar-refractivity contribution in [2.45, 2.75) is 31.8 Å². The molecule has 17 heavy (non-hydrogen) atoms. The fourth-order valence-electron chi connectivity index (χ4n) is 2.57. The smallest absolute Gasteiger partial charge is 0.130 e. The van der Waals surface area contributed by atoms with Crippen LogP contribution in [-0.2, 0) is 0 Å². The molecule has 94 valence electrons. The zero-order chi connectivity index (χ0) is 12.4. The summed E-state index contributed by atoms with van der Waals surface area (Å²) in [4.78, 5) is 2.07. The summed E-state index contributed by atoms with van der Waals surface area (Å²) in [7, 11) is 0. The molecule has 2 rings (SSSR count). The van der Waals surface area contributed by atoms with Gasteiger partial charge in [-0.2, -0.15) is 0 Å². The van der Waals surface area contributed by atoms with Gasteiger partial charge in [-0.05, 0) is 31.9 Å². The van der Waals surface area contributed by atoms with Crippen LogP contribution in [0, 0.1) is 5.82 Å². The molecule has 0 spiro atoms. The van der Waals surface area contributed by atoms with Gasteiger partial charge in [0.25, 0.3) is 0 Å². The molecule has 1 fully saturated rings. The summed E-state index contributed by atoms with van der Waals surface area (Å²) in [5.74, 6) is -0.263. The van der Waals surface area contributed by atoms with Crippen molar-refractivity contribution < 1.29 is 9.50 Å². The van der Waals surface area contributed by atoms with Crippen LogP contribution in [0.3, 0.4) is 0 Å². The van der Waals surface area contributed by atoms with Gasteiger partial charge in [0, 0.05) is 23.8 Å². The first-order valence-corrected chi connectivity index (χ1v) is 6.06. The van der Waals surface area contributed by atoms with Crippen molar-refractivity contribution in [3.8, 4) is 0 Å². The predicted octanol–water partition coefficient (Wildman–Crippen LogP) is 1.81. The van der Waals surface area contributed by atoms with Crippen molar-refractivity contribution in [3.05, 3.63) is 29.6 Å². The highest BCUT2D eigenvalue weighted by Crippen LogP contribution is 2.32. The van der Waals surface area contributed by atoms with E-state index in [2.05, 4.69) is 4.90 Å². The van der Waals surface area contributed by atoms with Crippen LogP contribution in [0.15, 0.2) is 18.2 Å². The largest absolute Gasteiger partial charge is 0.394 e. The maximum atomic E-state index is 13.8. The molecule has 1 aromatic rings. The molecule has 0 aliphatic carbocycles. The molecular formula is C13H19FN2O. The summed E-state index contributed by atoms with van der Waals surface area (Å²) < 4.78 is 13.8. The normalized spacial score (nSPS) is 21.9. The van der Waals surface area contributed by atoms with E-state index in [1.807, 2.05) is 6.07 Å². The van der Waals surface area contributed by atoms with Crippen LogP contribution < -0.4 is 10.6 Å². The fourth-order valence-corrected chi connectivity index (χ4v) is 2.57. The fraction of sp³-hybridized carbons (Fsp3) is 0.538. The molecule has 3 nitrogen and oxygen atoms in total. The van der Waals surface area contributed by atoms with Gasteiger partial charge >= 0.3 is 0 Å². The van der Waals surface area contributed by atoms with Crippen LogP contribution in [0.5, 0.6) is 0 Å². The van der Waals surface area contributed by atoms with Gasteiger partial charge in [-0.3, -0.25) is 0 Å². The second-order valence-electron chi connectivity index (χ2n) is 4.63.